The number of nitrogen functional groups attached to an aromatic ring is 1. The Hall–Kier alpha value is -1.11. The average molecular weight is 315 g/mol. The SMILES string of the molecule is CCCCc1c(Cl)nc(N)nc1N1CCO[C@@H](COC)C1. The Balaban J connectivity index is 2.23. The molecule has 0 radical (unpaired) electrons. The van der Waals surface area contributed by atoms with Gasteiger partial charge in [0.15, 0.2) is 0 Å². The summed E-state index contributed by atoms with van der Waals surface area (Å²) in [5.41, 5.74) is 6.75. The second-order valence-corrected chi connectivity index (χ2v) is 5.53. The predicted molar refractivity (Wildman–Crippen MR) is 83.9 cm³/mol. The Morgan fingerprint density at radius 1 is 1.48 bits per heavy atom. The lowest BCUT2D eigenvalue weighted by Gasteiger charge is -2.34. The van der Waals surface area contributed by atoms with Gasteiger partial charge in [-0.3, -0.25) is 0 Å². The standard InChI is InChI=1S/C14H23ClN4O2/c1-3-4-5-11-12(15)17-14(16)18-13(11)19-6-7-21-10(8-19)9-20-2/h10H,3-9H2,1-2H3,(H2,16,17,18)/t10-/m1/s1. The summed E-state index contributed by atoms with van der Waals surface area (Å²) >= 11 is 6.27. The molecule has 0 aromatic carbocycles. The van der Waals surface area contributed by atoms with E-state index in [9.17, 15) is 0 Å². The largest absolute Gasteiger partial charge is 0.382 e. The summed E-state index contributed by atoms with van der Waals surface area (Å²) in [7, 11) is 1.68. The smallest absolute Gasteiger partial charge is 0.223 e. The van der Waals surface area contributed by atoms with Crippen LogP contribution in [0.3, 0.4) is 0 Å². The maximum atomic E-state index is 6.27. The Morgan fingerprint density at radius 3 is 3.00 bits per heavy atom. The number of halogens is 1. The Morgan fingerprint density at radius 2 is 2.29 bits per heavy atom. The second kappa shape index (κ2) is 7.77. The van der Waals surface area contributed by atoms with Crippen molar-refractivity contribution in [1.82, 2.24) is 9.97 Å². The fourth-order valence-corrected chi connectivity index (χ4v) is 2.76. The van der Waals surface area contributed by atoms with Crippen molar-refractivity contribution in [2.75, 3.05) is 44.0 Å². The number of nitrogens with zero attached hydrogens (tertiary/aromatic N) is 3. The summed E-state index contributed by atoms with van der Waals surface area (Å²) in [5, 5.41) is 0.459. The van der Waals surface area contributed by atoms with Gasteiger partial charge in [0.25, 0.3) is 0 Å². The molecule has 2 N–H and O–H groups in total. The molecule has 1 aliphatic heterocycles. The lowest BCUT2D eigenvalue weighted by Crippen LogP contribution is -2.45. The van der Waals surface area contributed by atoms with E-state index < -0.39 is 0 Å². The summed E-state index contributed by atoms with van der Waals surface area (Å²) < 4.78 is 10.9. The number of unbranched alkanes of at least 4 members (excludes halogenated alkanes) is 1. The van der Waals surface area contributed by atoms with Crippen LogP contribution < -0.4 is 10.6 Å². The van der Waals surface area contributed by atoms with Crippen LogP contribution in [-0.2, 0) is 15.9 Å². The normalized spacial score (nSPS) is 19.0. The number of rotatable bonds is 6. The molecule has 0 amide bonds. The molecule has 21 heavy (non-hydrogen) atoms. The Labute approximate surface area is 130 Å². The van der Waals surface area contributed by atoms with E-state index in [1.165, 1.54) is 0 Å². The quantitative estimate of drug-likeness (QED) is 0.809. The first kappa shape index (κ1) is 16.3. The first-order valence-corrected chi connectivity index (χ1v) is 7.70. The van der Waals surface area contributed by atoms with E-state index in [1.54, 1.807) is 7.11 Å². The number of nitrogens with two attached hydrogens (primary N) is 1. The lowest BCUT2D eigenvalue weighted by molar-refractivity contribution is -0.0102. The van der Waals surface area contributed by atoms with Crippen molar-refractivity contribution in [3.8, 4) is 0 Å². The second-order valence-electron chi connectivity index (χ2n) is 5.17. The van der Waals surface area contributed by atoms with Gasteiger partial charge in [-0.05, 0) is 12.8 Å². The molecule has 1 saturated heterocycles. The summed E-state index contributed by atoms with van der Waals surface area (Å²) in [6.07, 6.45) is 3.04. The topological polar surface area (TPSA) is 73.5 Å². The minimum Gasteiger partial charge on any atom is -0.382 e. The average Bonchev–Trinajstić information content (AvgIpc) is 2.46. The summed E-state index contributed by atoms with van der Waals surface area (Å²) in [5.74, 6) is 1.05. The molecule has 6 nitrogen and oxygen atoms in total. The number of anilines is 2. The third-order valence-electron chi connectivity index (χ3n) is 3.52. The molecular formula is C14H23ClN4O2. The van der Waals surface area contributed by atoms with Gasteiger partial charge in [0.1, 0.15) is 11.0 Å². The maximum Gasteiger partial charge on any atom is 0.223 e. The zero-order chi connectivity index (χ0) is 15.2. The number of hydrogen-bond acceptors (Lipinski definition) is 6. The van der Waals surface area contributed by atoms with Crippen LogP contribution in [0.25, 0.3) is 0 Å². The lowest BCUT2D eigenvalue weighted by atomic mass is 10.1. The fraction of sp³-hybridized carbons (Fsp3) is 0.714. The number of aromatic nitrogens is 2. The molecule has 2 heterocycles. The van der Waals surface area contributed by atoms with Crippen molar-refractivity contribution in [2.45, 2.75) is 32.3 Å². The van der Waals surface area contributed by atoms with E-state index in [0.29, 0.717) is 18.4 Å². The van der Waals surface area contributed by atoms with Crippen LogP contribution in [0.15, 0.2) is 0 Å². The van der Waals surface area contributed by atoms with E-state index in [0.717, 1.165) is 43.7 Å². The van der Waals surface area contributed by atoms with Crippen LogP contribution in [-0.4, -0.2) is 49.5 Å². The van der Waals surface area contributed by atoms with Crippen molar-refractivity contribution < 1.29 is 9.47 Å². The minimum absolute atomic E-state index is 0.0396. The van der Waals surface area contributed by atoms with Gasteiger partial charge >= 0.3 is 0 Å². The molecule has 1 aliphatic rings. The summed E-state index contributed by atoms with van der Waals surface area (Å²) in [6.45, 7) is 4.85. The van der Waals surface area contributed by atoms with Gasteiger partial charge in [-0.15, -0.1) is 0 Å². The molecule has 1 aromatic rings. The predicted octanol–water partition coefficient (Wildman–Crippen LogP) is 1.91. The molecule has 0 bridgehead atoms. The molecule has 0 spiro atoms. The van der Waals surface area contributed by atoms with Crippen LogP contribution in [0.4, 0.5) is 11.8 Å². The highest BCUT2D eigenvalue weighted by molar-refractivity contribution is 6.30. The van der Waals surface area contributed by atoms with Gasteiger partial charge in [0, 0.05) is 25.8 Å². The third kappa shape index (κ3) is 4.18. The molecule has 1 fully saturated rings. The van der Waals surface area contributed by atoms with Gasteiger partial charge < -0.3 is 20.1 Å². The van der Waals surface area contributed by atoms with Crippen molar-refractivity contribution in [2.24, 2.45) is 0 Å². The van der Waals surface area contributed by atoms with E-state index >= 15 is 0 Å². The molecule has 1 atom stereocenters. The number of morpholine rings is 1. The highest BCUT2D eigenvalue weighted by Gasteiger charge is 2.25. The monoisotopic (exact) mass is 314 g/mol. The van der Waals surface area contributed by atoms with Crippen molar-refractivity contribution >= 4 is 23.4 Å². The molecule has 0 unspecified atom stereocenters. The van der Waals surface area contributed by atoms with Crippen LogP contribution in [0.1, 0.15) is 25.3 Å². The molecule has 0 saturated carbocycles. The molecule has 1 aromatic heterocycles. The van der Waals surface area contributed by atoms with E-state index in [2.05, 4.69) is 21.8 Å². The number of ether oxygens (including phenoxy) is 2. The molecule has 2 rings (SSSR count). The van der Waals surface area contributed by atoms with Gasteiger partial charge in [-0.25, -0.2) is 4.98 Å². The molecule has 7 heteroatoms. The van der Waals surface area contributed by atoms with Crippen LogP contribution in [0.2, 0.25) is 5.15 Å². The van der Waals surface area contributed by atoms with Gasteiger partial charge in [0.05, 0.1) is 19.3 Å². The van der Waals surface area contributed by atoms with Crippen molar-refractivity contribution in [3.05, 3.63) is 10.7 Å². The zero-order valence-corrected chi connectivity index (χ0v) is 13.4. The zero-order valence-electron chi connectivity index (χ0n) is 12.6. The Kier molecular flexibility index (Phi) is 6.02. The van der Waals surface area contributed by atoms with Gasteiger partial charge in [-0.2, -0.15) is 4.98 Å². The van der Waals surface area contributed by atoms with Crippen LogP contribution >= 0.6 is 11.6 Å². The first-order valence-electron chi connectivity index (χ1n) is 7.33. The maximum absolute atomic E-state index is 6.27. The summed E-state index contributed by atoms with van der Waals surface area (Å²) in [4.78, 5) is 10.7. The highest BCUT2D eigenvalue weighted by Crippen LogP contribution is 2.28. The summed E-state index contributed by atoms with van der Waals surface area (Å²) in [6, 6.07) is 0. The van der Waals surface area contributed by atoms with Crippen molar-refractivity contribution in [1.29, 1.82) is 0 Å². The molecule has 0 aliphatic carbocycles. The van der Waals surface area contributed by atoms with Crippen LogP contribution in [0, 0.1) is 0 Å². The minimum atomic E-state index is 0.0396. The highest BCUT2D eigenvalue weighted by atomic mass is 35.5. The first-order chi connectivity index (χ1) is 10.2. The van der Waals surface area contributed by atoms with E-state index in [-0.39, 0.29) is 12.1 Å². The number of methoxy groups -OCH3 is 1. The van der Waals surface area contributed by atoms with Crippen LogP contribution in [0.5, 0.6) is 0 Å². The van der Waals surface area contributed by atoms with E-state index in [1.807, 2.05) is 0 Å². The Bertz CT molecular complexity index is 471. The third-order valence-corrected chi connectivity index (χ3v) is 3.84. The van der Waals surface area contributed by atoms with E-state index in [4.69, 9.17) is 26.8 Å². The molecular weight excluding hydrogens is 292 g/mol. The fourth-order valence-electron chi connectivity index (χ4n) is 2.49. The van der Waals surface area contributed by atoms with Crippen molar-refractivity contribution in [3.63, 3.8) is 0 Å². The van der Waals surface area contributed by atoms with Gasteiger partial charge in [-0.1, -0.05) is 24.9 Å². The molecule has 118 valence electrons. The van der Waals surface area contributed by atoms with Gasteiger partial charge in [0.2, 0.25) is 5.95 Å². The number of hydrogen-bond donors (Lipinski definition) is 1.